The van der Waals surface area contributed by atoms with Crippen molar-refractivity contribution in [2.24, 2.45) is 11.8 Å². The van der Waals surface area contributed by atoms with Gasteiger partial charge in [-0.1, -0.05) is 13.3 Å². The summed E-state index contributed by atoms with van der Waals surface area (Å²) in [6.07, 6.45) is 1.52. The Morgan fingerprint density at radius 3 is 2.22 bits per heavy atom. The summed E-state index contributed by atoms with van der Waals surface area (Å²) in [4.78, 5) is 22.6. The first-order chi connectivity index (χ1) is 8.60. The SMILES string of the molecule is CCO[SiH](CCCC1C(=O)OC(=O)C1C)OCC. The third-order valence-corrected chi connectivity index (χ3v) is 5.43. The average molecular weight is 274 g/mol. The molecule has 1 aliphatic rings. The van der Waals surface area contributed by atoms with Crippen LogP contribution in [0.5, 0.6) is 0 Å². The molecule has 0 aromatic heterocycles. The molecule has 0 bridgehead atoms. The van der Waals surface area contributed by atoms with Gasteiger partial charge in [0.15, 0.2) is 0 Å². The number of carbonyl (C=O) groups is 2. The summed E-state index contributed by atoms with van der Waals surface area (Å²) in [5.41, 5.74) is 0. The minimum Gasteiger partial charge on any atom is -0.397 e. The van der Waals surface area contributed by atoms with E-state index in [0.717, 1.165) is 12.5 Å². The van der Waals surface area contributed by atoms with Crippen LogP contribution in [0.15, 0.2) is 0 Å². The molecule has 104 valence electrons. The molecule has 0 amide bonds. The van der Waals surface area contributed by atoms with Gasteiger partial charge in [-0.05, 0) is 26.3 Å². The summed E-state index contributed by atoms with van der Waals surface area (Å²) < 4.78 is 15.7. The van der Waals surface area contributed by atoms with Crippen molar-refractivity contribution in [3.8, 4) is 0 Å². The van der Waals surface area contributed by atoms with Gasteiger partial charge in [0.2, 0.25) is 0 Å². The largest absolute Gasteiger partial charge is 0.397 e. The van der Waals surface area contributed by atoms with E-state index in [0.29, 0.717) is 19.6 Å². The van der Waals surface area contributed by atoms with E-state index in [1.165, 1.54) is 0 Å². The Morgan fingerprint density at radius 2 is 1.78 bits per heavy atom. The maximum absolute atomic E-state index is 11.4. The van der Waals surface area contributed by atoms with Crippen LogP contribution < -0.4 is 0 Å². The minimum absolute atomic E-state index is 0.282. The van der Waals surface area contributed by atoms with Crippen molar-refractivity contribution in [1.82, 2.24) is 0 Å². The maximum Gasteiger partial charge on any atom is 0.321 e. The smallest absolute Gasteiger partial charge is 0.321 e. The lowest BCUT2D eigenvalue weighted by Gasteiger charge is -2.15. The topological polar surface area (TPSA) is 61.8 Å². The van der Waals surface area contributed by atoms with Crippen molar-refractivity contribution >= 4 is 21.2 Å². The second kappa shape index (κ2) is 7.65. The second-order valence-corrected chi connectivity index (χ2v) is 6.51. The highest BCUT2D eigenvalue weighted by Crippen LogP contribution is 2.28. The van der Waals surface area contributed by atoms with E-state index >= 15 is 0 Å². The third kappa shape index (κ3) is 4.19. The molecule has 2 atom stereocenters. The molecule has 2 unspecified atom stereocenters. The van der Waals surface area contributed by atoms with Crippen molar-refractivity contribution in [3.63, 3.8) is 0 Å². The summed E-state index contributed by atoms with van der Waals surface area (Å²) in [6.45, 7) is 6.98. The molecule has 0 aromatic carbocycles. The summed E-state index contributed by atoms with van der Waals surface area (Å²) >= 11 is 0. The van der Waals surface area contributed by atoms with Gasteiger partial charge in [-0.3, -0.25) is 9.59 Å². The Morgan fingerprint density at radius 1 is 1.17 bits per heavy atom. The number of hydrogen-bond acceptors (Lipinski definition) is 5. The number of ether oxygens (including phenoxy) is 1. The van der Waals surface area contributed by atoms with E-state index in [2.05, 4.69) is 4.74 Å². The lowest BCUT2D eigenvalue weighted by molar-refractivity contribution is -0.153. The van der Waals surface area contributed by atoms with Gasteiger partial charge in [-0.2, -0.15) is 0 Å². The molecule has 0 aromatic rings. The van der Waals surface area contributed by atoms with Crippen LogP contribution >= 0.6 is 0 Å². The Hall–Kier alpha value is -0.723. The van der Waals surface area contributed by atoms with Gasteiger partial charge >= 0.3 is 21.2 Å². The van der Waals surface area contributed by atoms with Crippen LogP contribution in [-0.2, 0) is 23.2 Å². The molecular formula is C12H22O5Si. The summed E-state index contributed by atoms with van der Waals surface area (Å²) in [5, 5.41) is 0. The Labute approximate surface area is 110 Å². The molecule has 0 radical (unpaired) electrons. The first kappa shape index (κ1) is 15.3. The lowest BCUT2D eigenvalue weighted by Crippen LogP contribution is -2.23. The Kier molecular flexibility index (Phi) is 6.52. The lowest BCUT2D eigenvalue weighted by atomic mass is 9.93. The van der Waals surface area contributed by atoms with Gasteiger partial charge in [0.1, 0.15) is 0 Å². The molecule has 1 fully saturated rings. The molecule has 6 heteroatoms. The molecule has 1 aliphatic heterocycles. The average Bonchev–Trinajstić information content (AvgIpc) is 2.56. The molecule has 1 saturated heterocycles. The molecule has 18 heavy (non-hydrogen) atoms. The zero-order valence-corrected chi connectivity index (χ0v) is 12.5. The first-order valence-corrected chi connectivity index (χ1v) is 8.34. The fourth-order valence-corrected chi connectivity index (χ4v) is 3.84. The third-order valence-electron chi connectivity index (χ3n) is 3.14. The van der Waals surface area contributed by atoms with Crippen LogP contribution in [0, 0.1) is 11.8 Å². The van der Waals surface area contributed by atoms with Crippen LogP contribution in [0.4, 0.5) is 0 Å². The summed E-state index contributed by atoms with van der Waals surface area (Å²) in [5.74, 6) is -1.36. The van der Waals surface area contributed by atoms with E-state index in [9.17, 15) is 9.59 Å². The van der Waals surface area contributed by atoms with E-state index in [-0.39, 0.29) is 17.8 Å². The standard InChI is InChI=1S/C12H22O5Si/c1-4-15-18(16-5-2)8-6-7-10-9(3)11(13)17-12(10)14/h9-10,18H,4-8H2,1-3H3. The monoisotopic (exact) mass is 274 g/mol. The van der Waals surface area contributed by atoms with Gasteiger partial charge in [0, 0.05) is 13.2 Å². The molecule has 1 rings (SSSR count). The van der Waals surface area contributed by atoms with Crippen molar-refractivity contribution < 1.29 is 23.2 Å². The predicted molar refractivity (Wildman–Crippen MR) is 68.2 cm³/mol. The predicted octanol–water partition coefficient (Wildman–Crippen LogP) is 1.40. The van der Waals surface area contributed by atoms with Gasteiger partial charge in [0.05, 0.1) is 11.8 Å². The van der Waals surface area contributed by atoms with Crippen LogP contribution in [0.25, 0.3) is 0 Å². The molecule has 1 heterocycles. The Balaban J connectivity index is 2.31. The van der Waals surface area contributed by atoms with Gasteiger partial charge in [-0.15, -0.1) is 0 Å². The van der Waals surface area contributed by atoms with Crippen molar-refractivity contribution in [2.45, 2.75) is 39.7 Å². The Bertz CT molecular complexity index is 288. The fraction of sp³-hybridized carbons (Fsp3) is 0.833. The zero-order valence-electron chi connectivity index (χ0n) is 11.3. The maximum atomic E-state index is 11.4. The molecule has 5 nitrogen and oxygen atoms in total. The van der Waals surface area contributed by atoms with E-state index in [1.54, 1.807) is 6.92 Å². The van der Waals surface area contributed by atoms with Gasteiger partial charge in [0.25, 0.3) is 0 Å². The van der Waals surface area contributed by atoms with Crippen LogP contribution in [0.1, 0.15) is 33.6 Å². The normalized spacial score (nSPS) is 23.8. The highest BCUT2D eigenvalue weighted by Gasteiger charge is 2.40. The van der Waals surface area contributed by atoms with Gasteiger partial charge < -0.3 is 13.6 Å². The van der Waals surface area contributed by atoms with Crippen LogP contribution in [-0.4, -0.2) is 34.4 Å². The number of carbonyl (C=O) groups excluding carboxylic acids is 2. The van der Waals surface area contributed by atoms with Crippen LogP contribution in [0.3, 0.4) is 0 Å². The highest BCUT2D eigenvalue weighted by molar-refractivity contribution is 6.44. The van der Waals surface area contributed by atoms with Crippen LogP contribution in [0.2, 0.25) is 6.04 Å². The summed E-state index contributed by atoms with van der Waals surface area (Å²) in [7, 11) is -1.59. The number of esters is 2. The van der Waals surface area contributed by atoms with E-state index in [4.69, 9.17) is 8.85 Å². The molecule has 0 spiro atoms. The van der Waals surface area contributed by atoms with E-state index < -0.39 is 15.3 Å². The van der Waals surface area contributed by atoms with Gasteiger partial charge in [-0.25, -0.2) is 0 Å². The van der Waals surface area contributed by atoms with Crippen molar-refractivity contribution in [3.05, 3.63) is 0 Å². The molecule has 0 saturated carbocycles. The number of rotatable bonds is 8. The number of hydrogen-bond donors (Lipinski definition) is 0. The molecule has 0 N–H and O–H groups in total. The number of cyclic esters (lactones) is 2. The fourth-order valence-electron chi connectivity index (χ4n) is 2.10. The quantitative estimate of drug-likeness (QED) is 0.380. The van der Waals surface area contributed by atoms with Crippen molar-refractivity contribution in [1.29, 1.82) is 0 Å². The first-order valence-electron chi connectivity index (χ1n) is 6.58. The highest BCUT2D eigenvalue weighted by atomic mass is 28.3. The summed E-state index contributed by atoms with van der Waals surface area (Å²) in [6, 6.07) is 0.867. The van der Waals surface area contributed by atoms with E-state index in [1.807, 2.05) is 13.8 Å². The zero-order chi connectivity index (χ0) is 13.5. The molecule has 0 aliphatic carbocycles. The minimum atomic E-state index is -1.59. The second-order valence-electron chi connectivity index (χ2n) is 4.41. The van der Waals surface area contributed by atoms with Crippen molar-refractivity contribution in [2.75, 3.05) is 13.2 Å². The molecular weight excluding hydrogens is 252 g/mol.